The predicted octanol–water partition coefficient (Wildman–Crippen LogP) is 10.4. The number of carbonyl (C=O) groups excluding carboxylic acids is 2. The van der Waals surface area contributed by atoms with Crippen LogP contribution in [-0.2, 0) is 38.8 Å². The summed E-state index contributed by atoms with van der Waals surface area (Å²) >= 11 is 0. The van der Waals surface area contributed by atoms with Crippen LogP contribution >= 0.6 is 0 Å². The van der Waals surface area contributed by atoms with E-state index in [4.69, 9.17) is 18.9 Å². The molecule has 1 aliphatic carbocycles. The molecule has 308 valence electrons. The highest BCUT2D eigenvalue weighted by molar-refractivity contribution is 6.40. The number of fused-ring (bicyclic) bond motifs is 10. The maximum atomic E-state index is 17.3. The van der Waals surface area contributed by atoms with Gasteiger partial charge in [0.1, 0.15) is 18.3 Å². The summed E-state index contributed by atoms with van der Waals surface area (Å²) in [5.74, 6) is -6.03. The Hall–Kier alpha value is -6.25. The number of nitrogens with zero attached hydrogens (tertiary/aromatic N) is 1. The maximum Gasteiger partial charge on any atom is 0.172 e. The minimum atomic E-state index is -1.86. The van der Waals surface area contributed by atoms with Crippen LogP contribution in [0.3, 0.4) is 0 Å². The first-order valence-corrected chi connectivity index (χ1v) is 19.7. The smallest absolute Gasteiger partial charge is 0.172 e. The van der Waals surface area contributed by atoms with Crippen molar-refractivity contribution in [1.29, 1.82) is 0 Å². The number of H-pyrrole nitrogens is 1. The van der Waals surface area contributed by atoms with Crippen LogP contribution in [0.1, 0.15) is 50.1 Å². The number of rotatable bonds is 11. The van der Waals surface area contributed by atoms with Crippen LogP contribution in [0.15, 0.2) is 115 Å². The Bertz CT molecular complexity index is 2990. The summed E-state index contributed by atoms with van der Waals surface area (Å²) in [6, 6.07) is 31.2. The molecule has 5 atom stereocenters. The van der Waals surface area contributed by atoms with E-state index in [0.717, 1.165) is 41.0 Å². The second-order valence-electron chi connectivity index (χ2n) is 15.4. The van der Waals surface area contributed by atoms with Gasteiger partial charge in [0.05, 0.1) is 49.4 Å². The van der Waals surface area contributed by atoms with E-state index in [1.807, 2.05) is 91.0 Å². The zero-order valence-electron chi connectivity index (χ0n) is 32.2. The Balaban J connectivity index is 1.23. The summed E-state index contributed by atoms with van der Waals surface area (Å²) in [7, 11) is 0. The van der Waals surface area contributed by atoms with Gasteiger partial charge in [-0.05, 0) is 28.8 Å². The summed E-state index contributed by atoms with van der Waals surface area (Å²) < 4.78 is 106. The van der Waals surface area contributed by atoms with Crippen molar-refractivity contribution in [2.75, 3.05) is 6.61 Å². The highest BCUT2D eigenvalue weighted by Gasteiger charge is 2.50. The van der Waals surface area contributed by atoms with Crippen LogP contribution in [0.25, 0.3) is 43.6 Å². The van der Waals surface area contributed by atoms with E-state index in [1.54, 1.807) is 0 Å². The molecule has 0 radical (unpaired) electrons. The molecule has 0 saturated carbocycles. The van der Waals surface area contributed by atoms with Crippen molar-refractivity contribution in [2.24, 2.45) is 0 Å². The van der Waals surface area contributed by atoms with E-state index in [2.05, 4.69) is 4.98 Å². The number of carbonyl (C=O) groups is 2. The van der Waals surface area contributed by atoms with Gasteiger partial charge in [-0.15, -0.1) is 0 Å². The standard InChI is InChI=1S/C48H35F5N2O6/c49-30-16-28-34(18-32(30)51)54-44-39(28)41-36(56)20-37(57)42(41)40-29-17-31(50)33(52)19-35(29)55(45(40)44)48-47(60-23-27-14-8-3-9-15-27)46(59-22-26-12-6-2-7-13-26)43(53)38(61-48)24-58-21-25-10-4-1-5-11-25/h1-19,38,43,46-48,54H,20-24H2. The molecule has 10 rings (SSSR count). The lowest BCUT2D eigenvalue weighted by molar-refractivity contribution is -0.264. The normalized spacial score (nSPS) is 20.4. The molecular formula is C48H35F5N2O6. The molecule has 1 aliphatic heterocycles. The number of ketones is 2. The maximum absolute atomic E-state index is 17.3. The van der Waals surface area contributed by atoms with Gasteiger partial charge in [0.25, 0.3) is 0 Å². The predicted molar refractivity (Wildman–Crippen MR) is 217 cm³/mol. The van der Waals surface area contributed by atoms with Gasteiger partial charge in [0.2, 0.25) is 0 Å². The van der Waals surface area contributed by atoms with Gasteiger partial charge in [-0.2, -0.15) is 0 Å². The number of aromatic nitrogens is 2. The van der Waals surface area contributed by atoms with Gasteiger partial charge < -0.3 is 28.5 Å². The van der Waals surface area contributed by atoms with Gasteiger partial charge >= 0.3 is 0 Å². The molecule has 0 bridgehead atoms. The first kappa shape index (κ1) is 38.9. The molecule has 0 spiro atoms. The largest absolute Gasteiger partial charge is 0.374 e. The minimum absolute atomic E-state index is 0.00755. The Kier molecular flexibility index (Phi) is 9.99. The number of benzene rings is 6. The Morgan fingerprint density at radius 3 is 1.79 bits per heavy atom. The fraction of sp³-hybridized carbons (Fsp3) is 0.208. The molecule has 5 unspecified atom stereocenters. The first-order chi connectivity index (χ1) is 29.7. The third-order valence-corrected chi connectivity index (χ3v) is 11.6. The molecule has 6 aromatic carbocycles. The van der Waals surface area contributed by atoms with Gasteiger partial charge in [-0.1, -0.05) is 91.0 Å². The molecule has 3 heterocycles. The second-order valence-corrected chi connectivity index (χ2v) is 15.4. The summed E-state index contributed by atoms with van der Waals surface area (Å²) in [6.07, 6.45) is -7.84. The van der Waals surface area contributed by atoms with Crippen LogP contribution in [0.4, 0.5) is 22.0 Å². The summed E-state index contributed by atoms with van der Waals surface area (Å²) in [4.78, 5) is 30.8. The third-order valence-electron chi connectivity index (χ3n) is 11.6. The lowest BCUT2D eigenvalue weighted by atomic mass is 9.96. The van der Waals surface area contributed by atoms with Gasteiger partial charge in [-0.25, -0.2) is 22.0 Å². The number of nitrogens with one attached hydrogen (secondary N) is 1. The van der Waals surface area contributed by atoms with Crippen LogP contribution in [-0.4, -0.2) is 52.2 Å². The zero-order valence-corrected chi connectivity index (χ0v) is 32.2. The SMILES string of the molecule is O=C1CC(=O)c2c1c1c3cc(F)c(F)cc3[nH]c1c1c2c2cc(F)c(F)cc2n1C1OC(COCc2ccccc2)C(F)C(OCc2ccccc2)C1OCc1ccccc1. The Morgan fingerprint density at radius 1 is 0.639 bits per heavy atom. The lowest BCUT2D eigenvalue weighted by Gasteiger charge is -2.44. The van der Waals surface area contributed by atoms with E-state index in [0.29, 0.717) is 0 Å². The Labute approximate surface area is 344 Å². The fourth-order valence-corrected chi connectivity index (χ4v) is 8.81. The van der Waals surface area contributed by atoms with Gasteiger partial charge in [0, 0.05) is 50.3 Å². The quantitative estimate of drug-likeness (QED) is 0.103. The van der Waals surface area contributed by atoms with Crippen LogP contribution in [0.5, 0.6) is 0 Å². The molecular weight excluding hydrogens is 796 g/mol. The highest BCUT2D eigenvalue weighted by Crippen LogP contribution is 2.48. The molecule has 1 fully saturated rings. The van der Waals surface area contributed by atoms with Crippen molar-refractivity contribution in [3.63, 3.8) is 0 Å². The lowest BCUT2D eigenvalue weighted by Crippen LogP contribution is -2.56. The monoisotopic (exact) mass is 830 g/mol. The van der Waals surface area contributed by atoms with E-state index >= 15 is 13.2 Å². The molecule has 61 heavy (non-hydrogen) atoms. The molecule has 8 nitrogen and oxygen atoms in total. The minimum Gasteiger partial charge on any atom is -0.374 e. The molecule has 1 saturated heterocycles. The molecule has 2 aromatic heterocycles. The van der Waals surface area contributed by atoms with E-state index in [9.17, 15) is 18.4 Å². The molecule has 13 heteroatoms. The highest BCUT2D eigenvalue weighted by atomic mass is 19.2. The number of hydrogen-bond donors (Lipinski definition) is 1. The van der Waals surface area contributed by atoms with Gasteiger partial charge in [-0.3, -0.25) is 9.59 Å². The third kappa shape index (κ3) is 6.78. The number of ether oxygens (including phenoxy) is 4. The topological polar surface area (TPSA) is 91.8 Å². The van der Waals surface area contributed by atoms with Gasteiger partial charge in [0.15, 0.2) is 47.2 Å². The number of aromatic amines is 1. The summed E-state index contributed by atoms with van der Waals surface area (Å²) in [5.41, 5.74) is 2.47. The fourth-order valence-electron chi connectivity index (χ4n) is 8.81. The molecule has 2 aliphatic rings. The summed E-state index contributed by atoms with van der Waals surface area (Å²) in [5, 5.41) is 0.326. The number of halogens is 5. The van der Waals surface area contributed by atoms with Crippen LogP contribution in [0.2, 0.25) is 0 Å². The average Bonchev–Trinajstić information content (AvgIpc) is 3.89. The van der Waals surface area contributed by atoms with Crippen LogP contribution in [0, 0.1) is 23.3 Å². The molecule has 1 N–H and O–H groups in total. The van der Waals surface area contributed by atoms with Crippen molar-refractivity contribution in [1.82, 2.24) is 9.55 Å². The van der Waals surface area contributed by atoms with E-state index in [1.165, 1.54) is 4.57 Å². The average molecular weight is 831 g/mol. The second kappa shape index (κ2) is 15.7. The van der Waals surface area contributed by atoms with Crippen LogP contribution < -0.4 is 0 Å². The molecule has 0 amide bonds. The van der Waals surface area contributed by atoms with Crippen molar-refractivity contribution in [2.45, 2.75) is 57.0 Å². The molecule has 8 aromatic rings. The first-order valence-electron chi connectivity index (χ1n) is 19.7. The van der Waals surface area contributed by atoms with Crippen molar-refractivity contribution < 1.29 is 50.5 Å². The van der Waals surface area contributed by atoms with Crippen molar-refractivity contribution in [3.05, 3.63) is 166 Å². The van der Waals surface area contributed by atoms with Crippen molar-refractivity contribution >= 4 is 55.2 Å². The van der Waals surface area contributed by atoms with E-state index in [-0.39, 0.29) is 81.2 Å². The number of alkyl halides is 1. The zero-order chi connectivity index (χ0) is 41.9. The number of Topliss-reactive ketones (excluding diaryl/α,β-unsaturated/α-hetero) is 2. The van der Waals surface area contributed by atoms with E-state index < -0.39 is 72.0 Å². The Morgan fingerprint density at radius 2 is 1.16 bits per heavy atom. The number of hydrogen-bond acceptors (Lipinski definition) is 6. The van der Waals surface area contributed by atoms with Crippen molar-refractivity contribution in [3.8, 4) is 0 Å². The summed E-state index contributed by atoms with van der Waals surface area (Å²) in [6.45, 7) is -0.248.